The van der Waals surface area contributed by atoms with Crippen LogP contribution in [0, 0.1) is 0 Å². The Balaban J connectivity index is 2.13. The van der Waals surface area contributed by atoms with Crippen LogP contribution in [0.2, 0.25) is 5.02 Å². The Morgan fingerprint density at radius 2 is 1.90 bits per heavy atom. The maximum atomic E-state index is 11.1. The Morgan fingerprint density at radius 3 is 2.50 bits per heavy atom. The third-order valence-corrected chi connectivity index (χ3v) is 2.96. The molecule has 0 saturated heterocycles. The van der Waals surface area contributed by atoms with Gasteiger partial charge in [0.25, 0.3) is 0 Å². The zero-order chi connectivity index (χ0) is 14.5. The molecule has 0 unspecified atom stereocenters. The summed E-state index contributed by atoms with van der Waals surface area (Å²) in [5.41, 5.74) is 0.991. The molecule has 0 aliphatic rings. The molecule has 0 spiro atoms. The lowest BCUT2D eigenvalue weighted by Gasteiger charge is -2.10. The van der Waals surface area contributed by atoms with Crippen LogP contribution in [0.25, 0.3) is 0 Å². The summed E-state index contributed by atoms with van der Waals surface area (Å²) in [6, 6.07) is 11.8. The van der Waals surface area contributed by atoms with Crippen molar-refractivity contribution in [1.82, 2.24) is 0 Å². The predicted molar refractivity (Wildman–Crippen MR) is 75.7 cm³/mol. The standard InChI is InChI=1S/C15H13ClO4/c1-19-12-5-2-10(3-6-12)9-20-14-8-11(16)4-7-13(14)15(17)18/h2-8H,9H2,1H3,(H,17,18). The normalized spacial score (nSPS) is 10.1. The molecular formula is C15H13ClO4. The summed E-state index contributed by atoms with van der Waals surface area (Å²) in [7, 11) is 1.59. The fourth-order valence-corrected chi connectivity index (χ4v) is 1.84. The van der Waals surface area contributed by atoms with E-state index in [2.05, 4.69) is 0 Å². The van der Waals surface area contributed by atoms with Crippen LogP contribution in [0.1, 0.15) is 15.9 Å². The Bertz CT molecular complexity index is 608. The molecule has 0 radical (unpaired) electrons. The highest BCUT2D eigenvalue weighted by atomic mass is 35.5. The van der Waals surface area contributed by atoms with Gasteiger partial charge in [-0.15, -0.1) is 0 Å². The van der Waals surface area contributed by atoms with E-state index in [0.717, 1.165) is 11.3 Å². The van der Waals surface area contributed by atoms with Crippen LogP contribution >= 0.6 is 11.6 Å². The van der Waals surface area contributed by atoms with E-state index in [0.29, 0.717) is 5.02 Å². The number of carboxylic acids is 1. The van der Waals surface area contributed by atoms with Crippen molar-refractivity contribution in [2.45, 2.75) is 6.61 Å². The third kappa shape index (κ3) is 3.42. The molecular weight excluding hydrogens is 280 g/mol. The van der Waals surface area contributed by atoms with Gasteiger partial charge in [0, 0.05) is 5.02 Å². The lowest BCUT2D eigenvalue weighted by molar-refractivity contribution is 0.0692. The molecule has 5 heteroatoms. The first-order chi connectivity index (χ1) is 9.60. The van der Waals surface area contributed by atoms with Gasteiger partial charge in [-0.1, -0.05) is 23.7 Å². The molecule has 2 rings (SSSR count). The van der Waals surface area contributed by atoms with Crippen LogP contribution < -0.4 is 9.47 Å². The van der Waals surface area contributed by atoms with E-state index in [4.69, 9.17) is 26.2 Å². The number of aromatic carboxylic acids is 1. The minimum atomic E-state index is -1.05. The smallest absolute Gasteiger partial charge is 0.339 e. The van der Waals surface area contributed by atoms with E-state index in [1.54, 1.807) is 7.11 Å². The summed E-state index contributed by atoms with van der Waals surface area (Å²) in [4.78, 5) is 11.1. The number of hydrogen-bond acceptors (Lipinski definition) is 3. The van der Waals surface area contributed by atoms with Gasteiger partial charge in [0.05, 0.1) is 7.11 Å². The number of rotatable bonds is 5. The topological polar surface area (TPSA) is 55.8 Å². The summed E-state index contributed by atoms with van der Waals surface area (Å²) < 4.78 is 10.6. The van der Waals surface area contributed by atoms with Crippen molar-refractivity contribution in [1.29, 1.82) is 0 Å². The van der Waals surface area contributed by atoms with Gasteiger partial charge < -0.3 is 14.6 Å². The van der Waals surface area contributed by atoms with Crippen molar-refractivity contribution in [3.05, 3.63) is 58.6 Å². The highest BCUT2D eigenvalue weighted by Gasteiger charge is 2.11. The molecule has 0 aromatic heterocycles. The maximum Gasteiger partial charge on any atom is 0.339 e. The van der Waals surface area contributed by atoms with Gasteiger partial charge in [-0.05, 0) is 35.9 Å². The number of methoxy groups -OCH3 is 1. The molecule has 0 amide bonds. The van der Waals surface area contributed by atoms with Gasteiger partial charge in [0.1, 0.15) is 23.7 Å². The van der Waals surface area contributed by atoms with E-state index in [1.165, 1.54) is 18.2 Å². The number of halogens is 1. The zero-order valence-electron chi connectivity index (χ0n) is 10.8. The first kappa shape index (κ1) is 14.2. The van der Waals surface area contributed by atoms with Gasteiger partial charge in [-0.3, -0.25) is 0 Å². The molecule has 0 atom stereocenters. The first-order valence-corrected chi connectivity index (χ1v) is 6.26. The number of carbonyl (C=O) groups is 1. The van der Waals surface area contributed by atoms with Crippen LogP contribution in [0.5, 0.6) is 11.5 Å². The summed E-state index contributed by atoms with van der Waals surface area (Å²) in [5, 5.41) is 9.51. The van der Waals surface area contributed by atoms with Crippen LogP contribution in [-0.4, -0.2) is 18.2 Å². The number of hydrogen-bond donors (Lipinski definition) is 1. The summed E-state index contributed by atoms with van der Waals surface area (Å²) in [5.74, 6) is -0.0463. The molecule has 2 aromatic rings. The molecule has 0 saturated carbocycles. The maximum absolute atomic E-state index is 11.1. The van der Waals surface area contributed by atoms with Gasteiger partial charge in [0.2, 0.25) is 0 Å². The number of ether oxygens (including phenoxy) is 2. The van der Waals surface area contributed by atoms with E-state index in [1.807, 2.05) is 24.3 Å². The van der Waals surface area contributed by atoms with Crippen molar-refractivity contribution >= 4 is 17.6 Å². The molecule has 20 heavy (non-hydrogen) atoms. The van der Waals surface area contributed by atoms with Crippen LogP contribution in [-0.2, 0) is 6.61 Å². The number of carboxylic acid groups (broad SMARTS) is 1. The minimum absolute atomic E-state index is 0.0860. The van der Waals surface area contributed by atoms with Gasteiger partial charge in [-0.25, -0.2) is 4.79 Å². The Hall–Kier alpha value is -2.20. The number of benzene rings is 2. The fraction of sp³-hybridized carbons (Fsp3) is 0.133. The molecule has 0 bridgehead atoms. The van der Waals surface area contributed by atoms with E-state index in [9.17, 15) is 4.79 Å². The molecule has 0 heterocycles. The van der Waals surface area contributed by atoms with Crippen LogP contribution in [0.3, 0.4) is 0 Å². The summed E-state index contributed by atoms with van der Waals surface area (Å²) in [6.07, 6.45) is 0. The molecule has 1 N–H and O–H groups in total. The molecule has 104 valence electrons. The molecule has 0 fully saturated rings. The Kier molecular flexibility index (Phi) is 4.48. The SMILES string of the molecule is COc1ccc(COc2cc(Cl)ccc2C(=O)O)cc1. The predicted octanol–water partition coefficient (Wildman–Crippen LogP) is 3.63. The second kappa shape index (κ2) is 6.30. The molecule has 0 aliphatic carbocycles. The fourth-order valence-electron chi connectivity index (χ4n) is 1.68. The molecule has 2 aromatic carbocycles. The Morgan fingerprint density at radius 1 is 1.20 bits per heavy atom. The average molecular weight is 293 g/mol. The van der Waals surface area contributed by atoms with Crippen LogP contribution in [0.15, 0.2) is 42.5 Å². The lowest BCUT2D eigenvalue weighted by Crippen LogP contribution is -2.03. The van der Waals surface area contributed by atoms with E-state index in [-0.39, 0.29) is 17.9 Å². The van der Waals surface area contributed by atoms with E-state index >= 15 is 0 Å². The second-order valence-electron chi connectivity index (χ2n) is 4.08. The zero-order valence-corrected chi connectivity index (χ0v) is 11.6. The highest BCUT2D eigenvalue weighted by Crippen LogP contribution is 2.24. The average Bonchev–Trinajstić information content (AvgIpc) is 2.45. The van der Waals surface area contributed by atoms with Crippen molar-refractivity contribution in [3.63, 3.8) is 0 Å². The third-order valence-electron chi connectivity index (χ3n) is 2.73. The molecule has 0 aliphatic heterocycles. The quantitative estimate of drug-likeness (QED) is 0.914. The largest absolute Gasteiger partial charge is 0.497 e. The summed E-state index contributed by atoms with van der Waals surface area (Å²) >= 11 is 5.85. The first-order valence-electron chi connectivity index (χ1n) is 5.88. The highest BCUT2D eigenvalue weighted by molar-refractivity contribution is 6.30. The van der Waals surface area contributed by atoms with Gasteiger partial charge in [-0.2, -0.15) is 0 Å². The summed E-state index contributed by atoms with van der Waals surface area (Å²) in [6.45, 7) is 0.255. The van der Waals surface area contributed by atoms with Crippen molar-refractivity contribution in [3.8, 4) is 11.5 Å². The Labute approximate surface area is 121 Å². The van der Waals surface area contributed by atoms with Crippen molar-refractivity contribution in [2.75, 3.05) is 7.11 Å². The van der Waals surface area contributed by atoms with Gasteiger partial charge in [0.15, 0.2) is 0 Å². The second-order valence-corrected chi connectivity index (χ2v) is 4.52. The van der Waals surface area contributed by atoms with E-state index < -0.39 is 5.97 Å². The van der Waals surface area contributed by atoms with Crippen LogP contribution in [0.4, 0.5) is 0 Å². The van der Waals surface area contributed by atoms with Gasteiger partial charge >= 0.3 is 5.97 Å². The van der Waals surface area contributed by atoms with Crippen molar-refractivity contribution < 1.29 is 19.4 Å². The minimum Gasteiger partial charge on any atom is -0.497 e. The monoisotopic (exact) mass is 292 g/mol. The van der Waals surface area contributed by atoms with Crippen molar-refractivity contribution in [2.24, 2.45) is 0 Å². The lowest BCUT2D eigenvalue weighted by atomic mass is 10.2. The molecule has 4 nitrogen and oxygen atoms in total.